The molecule has 0 spiro atoms. The molecule has 4 aromatic rings. The van der Waals surface area contributed by atoms with Crippen molar-refractivity contribution in [2.45, 2.75) is 26.4 Å². The number of aryl methyl sites for hydroxylation is 1. The highest BCUT2D eigenvalue weighted by molar-refractivity contribution is 7.13. The molecule has 8 nitrogen and oxygen atoms in total. The Bertz CT molecular complexity index is 1180. The van der Waals surface area contributed by atoms with Gasteiger partial charge in [0.05, 0.1) is 28.9 Å². The number of nitrogens with zero attached hydrogens (tertiary/aromatic N) is 3. The average molecular weight is 410 g/mol. The van der Waals surface area contributed by atoms with Crippen LogP contribution in [-0.2, 0) is 11.3 Å². The third-order valence-electron chi connectivity index (χ3n) is 4.37. The van der Waals surface area contributed by atoms with E-state index in [0.717, 1.165) is 4.88 Å². The van der Waals surface area contributed by atoms with Crippen molar-refractivity contribution in [2.24, 2.45) is 0 Å². The molecule has 1 N–H and O–H groups in total. The predicted octanol–water partition coefficient (Wildman–Crippen LogP) is 3.41. The number of rotatable bonds is 6. The molecule has 9 heteroatoms. The molecule has 0 saturated heterocycles. The molecule has 0 aliphatic heterocycles. The van der Waals surface area contributed by atoms with Crippen LogP contribution in [0.15, 0.2) is 61.8 Å². The quantitative estimate of drug-likeness (QED) is 0.522. The van der Waals surface area contributed by atoms with E-state index in [1.54, 1.807) is 32.0 Å². The highest BCUT2D eigenvalue weighted by Gasteiger charge is 2.22. The number of thiophene rings is 1. The lowest BCUT2D eigenvalue weighted by molar-refractivity contribution is -0.124. The van der Waals surface area contributed by atoms with Gasteiger partial charge in [0.2, 0.25) is 5.91 Å². The molecule has 4 aromatic heterocycles. The van der Waals surface area contributed by atoms with Crippen molar-refractivity contribution in [2.75, 3.05) is 0 Å². The average Bonchev–Trinajstić information content (AvgIpc) is 3.47. The second kappa shape index (κ2) is 7.88. The van der Waals surface area contributed by atoms with Gasteiger partial charge in [0.25, 0.3) is 5.56 Å². The van der Waals surface area contributed by atoms with Crippen molar-refractivity contribution in [3.8, 4) is 21.9 Å². The fraction of sp³-hybridized carbons (Fsp3) is 0.200. The topological polar surface area (TPSA) is 103 Å². The standard InChI is InChI=1S/C20H18N4O4S/c1-12-9-16(28-23-12)15-10-18(25)24(22-19(15)17-6-4-8-29-17)13(2)20(26)21-11-14-5-3-7-27-14/h3-10,13H,11H2,1-2H3,(H,21,26)/t13-/m0/s1. The summed E-state index contributed by atoms with van der Waals surface area (Å²) in [4.78, 5) is 26.2. The molecule has 29 heavy (non-hydrogen) atoms. The summed E-state index contributed by atoms with van der Waals surface area (Å²) in [5.41, 5.74) is 1.39. The van der Waals surface area contributed by atoms with E-state index in [9.17, 15) is 9.59 Å². The summed E-state index contributed by atoms with van der Waals surface area (Å²) in [5.74, 6) is 0.745. The normalized spacial score (nSPS) is 12.1. The first kappa shape index (κ1) is 18.9. The predicted molar refractivity (Wildman–Crippen MR) is 107 cm³/mol. The molecular weight excluding hydrogens is 392 g/mol. The maximum absolute atomic E-state index is 12.8. The third-order valence-corrected chi connectivity index (χ3v) is 5.24. The van der Waals surface area contributed by atoms with Crippen LogP contribution in [0.1, 0.15) is 24.4 Å². The fourth-order valence-electron chi connectivity index (χ4n) is 2.87. The zero-order valence-corrected chi connectivity index (χ0v) is 16.6. The Balaban J connectivity index is 1.69. The highest BCUT2D eigenvalue weighted by atomic mass is 32.1. The molecule has 0 bridgehead atoms. The largest absolute Gasteiger partial charge is 0.467 e. The van der Waals surface area contributed by atoms with Crippen molar-refractivity contribution >= 4 is 17.2 Å². The summed E-state index contributed by atoms with van der Waals surface area (Å²) < 4.78 is 11.7. The van der Waals surface area contributed by atoms with Crippen molar-refractivity contribution in [1.29, 1.82) is 0 Å². The summed E-state index contributed by atoms with van der Waals surface area (Å²) in [6, 6.07) is 9.67. The van der Waals surface area contributed by atoms with Gasteiger partial charge in [0, 0.05) is 12.1 Å². The number of furan rings is 1. The second-order valence-electron chi connectivity index (χ2n) is 6.47. The Morgan fingerprint density at radius 3 is 2.83 bits per heavy atom. The number of nitrogens with one attached hydrogen (secondary N) is 1. The monoisotopic (exact) mass is 410 g/mol. The first-order valence-corrected chi connectivity index (χ1v) is 9.82. The first-order chi connectivity index (χ1) is 14.0. The SMILES string of the molecule is Cc1cc(-c2cc(=O)n([C@@H](C)C(=O)NCc3ccco3)nc2-c2cccs2)on1. The van der Waals surface area contributed by atoms with E-state index in [1.807, 2.05) is 17.5 Å². The molecule has 0 saturated carbocycles. The fourth-order valence-corrected chi connectivity index (χ4v) is 3.59. The molecule has 0 radical (unpaired) electrons. The number of hydrogen-bond acceptors (Lipinski definition) is 7. The van der Waals surface area contributed by atoms with E-state index in [-0.39, 0.29) is 12.5 Å². The molecule has 0 aromatic carbocycles. The maximum atomic E-state index is 12.8. The summed E-state index contributed by atoms with van der Waals surface area (Å²) in [7, 11) is 0. The van der Waals surface area contributed by atoms with E-state index in [1.165, 1.54) is 28.3 Å². The van der Waals surface area contributed by atoms with E-state index < -0.39 is 11.6 Å². The Hall–Kier alpha value is -3.46. The minimum Gasteiger partial charge on any atom is -0.467 e. The van der Waals surface area contributed by atoms with Gasteiger partial charge >= 0.3 is 0 Å². The lowest BCUT2D eigenvalue weighted by atomic mass is 10.1. The lowest BCUT2D eigenvalue weighted by Gasteiger charge is -2.15. The van der Waals surface area contributed by atoms with Gasteiger partial charge in [-0.2, -0.15) is 5.10 Å². The van der Waals surface area contributed by atoms with E-state index in [4.69, 9.17) is 8.94 Å². The van der Waals surface area contributed by atoms with Crippen molar-refractivity contribution in [3.05, 3.63) is 69.8 Å². The van der Waals surface area contributed by atoms with Crippen LogP contribution in [0.25, 0.3) is 21.9 Å². The maximum Gasteiger partial charge on any atom is 0.268 e. The third kappa shape index (κ3) is 3.90. The molecule has 0 aliphatic carbocycles. The summed E-state index contributed by atoms with van der Waals surface area (Å²) >= 11 is 1.48. The Kier molecular flexibility index (Phi) is 5.13. The van der Waals surface area contributed by atoms with Crippen LogP contribution in [0.2, 0.25) is 0 Å². The second-order valence-corrected chi connectivity index (χ2v) is 7.42. The van der Waals surface area contributed by atoms with Crippen molar-refractivity contribution in [3.63, 3.8) is 0 Å². The van der Waals surface area contributed by atoms with Gasteiger partial charge < -0.3 is 14.3 Å². The molecule has 1 atom stereocenters. The minimum atomic E-state index is -0.804. The smallest absolute Gasteiger partial charge is 0.268 e. The van der Waals surface area contributed by atoms with Gasteiger partial charge in [0.1, 0.15) is 17.5 Å². The van der Waals surface area contributed by atoms with Crippen LogP contribution in [0.5, 0.6) is 0 Å². The summed E-state index contributed by atoms with van der Waals surface area (Å²) in [5, 5.41) is 13.1. The zero-order valence-electron chi connectivity index (χ0n) is 15.8. The molecule has 148 valence electrons. The summed E-state index contributed by atoms with van der Waals surface area (Å²) in [6.45, 7) is 3.67. The van der Waals surface area contributed by atoms with Gasteiger partial charge in [0.15, 0.2) is 5.76 Å². The van der Waals surface area contributed by atoms with Crippen molar-refractivity contribution in [1.82, 2.24) is 20.3 Å². The zero-order chi connectivity index (χ0) is 20.4. The first-order valence-electron chi connectivity index (χ1n) is 8.94. The van der Waals surface area contributed by atoms with Gasteiger partial charge in [-0.05, 0) is 37.4 Å². The number of aromatic nitrogens is 3. The number of amides is 1. The van der Waals surface area contributed by atoms with E-state index in [2.05, 4.69) is 15.6 Å². The van der Waals surface area contributed by atoms with Crippen LogP contribution in [-0.4, -0.2) is 20.8 Å². The number of hydrogen-bond donors (Lipinski definition) is 1. The van der Waals surface area contributed by atoms with E-state index >= 15 is 0 Å². The van der Waals surface area contributed by atoms with Crippen LogP contribution < -0.4 is 10.9 Å². The van der Waals surface area contributed by atoms with Crippen molar-refractivity contribution < 1.29 is 13.7 Å². The van der Waals surface area contributed by atoms with Gasteiger partial charge in [-0.25, -0.2) is 4.68 Å². The Labute approximate surface area is 169 Å². The van der Waals surface area contributed by atoms with Crippen LogP contribution >= 0.6 is 11.3 Å². The van der Waals surface area contributed by atoms with Gasteiger partial charge in [-0.1, -0.05) is 11.2 Å². The summed E-state index contributed by atoms with van der Waals surface area (Å²) in [6.07, 6.45) is 1.54. The van der Waals surface area contributed by atoms with Gasteiger partial charge in [-0.15, -0.1) is 11.3 Å². The van der Waals surface area contributed by atoms with Gasteiger partial charge in [-0.3, -0.25) is 9.59 Å². The molecule has 0 fully saturated rings. The molecule has 0 aliphatic rings. The molecule has 4 heterocycles. The minimum absolute atomic E-state index is 0.234. The Morgan fingerprint density at radius 2 is 2.17 bits per heavy atom. The van der Waals surface area contributed by atoms with Crippen LogP contribution in [0.4, 0.5) is 0 Å². The molecule has 1 amide bonds. The number of carbonyl (C=O) groups excluding carboxylic acids is 1. The Morgan fingerprint density at radius 1 is 1.31 bits per heavy atom. The van der Waals surface area contributed by atoms with E-state index in [0.29, 0.717) is 28.5 Å². The number of carbonyl (C=O) groups is 1. The van der Waals surface area contributed by atoms with Crippen LogP contribution in [0, 0.1) is 6.92 Å². The molecule has 0 unspecified atom stereocenters. The van der Waals surface area contributed by atoms with Crippen LogP contribution in [0.3, 0.4) is 0 Å². The molecular formula is C20H18N4O4S. The highest BCUT2D eigenvalue weighted by Crippen LogP contribution is 2.32. The lowest BCUT2D eigenvalue weighted by Crippen LogP contribution is -2.36. The molecule has 4 rings (SSSR count).